The molecule has 1 aromatic carbocycles. The predicted molar refractivity (Wildman–Crippen MR) is 78.6 cm³/mol. The fourth-order valence-corrected chi connectivity index (χ4v) is 3.72. The van der Waals surface area contributed by atoms with Gasteiger partial charge in [-0.05, 0) is 37.7 Å². The van der Waals surface area contributed by atoms with Crippen molar-refractivity contribution < 1.29 is 14.7 Å². The molecule has 0 aromatic heterocycles. The number of carboxylic acids is 1. The highest BCUT2D eigenvalue weighted by Gasteiger charge is 2.39. The zero-order valence-electron chi connectivity index (χ0n) is 12.1. The molecule has 1 N–H and O–H groups in total. The van der Waals surface area contributed by atoms with Gasteiger partial charge in [-0.2, -0.15) is 0 Å². The van der Waals surface area contributed by atoms with Crippen molar-refractivity contribution >= 4 is 11.9 Å². The Balaban J connectivity index is 1.71. The molecule has 4 heteroatoms. The van der Waals surface area contributed by atoms with Crippen LogP contribution in [0.1, 0.15) is 43.7 Å². The summed E-state index contributed by atoms with van der Waals surface area (Å²) in [6, 6.07) is 10.3. The second-order valence-electron chi connectivity index (χ2n) is 6.15. The van der Waals surface area contributed by atoms with Crippen molar-refractivity contribution in [3.05, 3.63) is 35.9 Å². The third-order valence-electron chi connectivity index (χ3n) is 4.85. The van der Waals surface area contributed by atoms with E-state index in [0.717, 1.165) is 19.4 Å². The van der Waals surface area contributed by atoms with Gasteiger partial charge in [0.05, 0.1) is 12.0 Å². The normalized spacial score (nSPS) is 28.8. The van der Waals surface area contributed by atoms with Gasteiger partial charge >= 0.3 is 5.97 Å². The van der Waals surface area contributed by atoms with Crippen molar-refractivity contribution in [2.75, 3.05) is 6.54 Å². The Kier molecular flexibility index (Phi) is 3.95. The van der Waals surface area contributed by atoms with Gasteiger partial charge in [0.2, 0.25) is 5.91 Å². The summed E-state index contributed by atoms with van der Waals surface area (Å²) in [5, 5.41) is 9.08. The largest absolute Gasteiger partial charge is 0.481 e. The first-order chi connectivity index (χ1) is 10.2. The van der Waals surface area contributed by atoms with Crippen molar-refractivity contribution in [3.8, 4) is 0 Å². The van der Waals surface area contributed by atoms with Crippen LogP contribution in [-0.2, 0) is 9.59 Å². The van der Waals surface area contributed by atoms with E-state index in [9.17, 15) is 9.59 Å². The number of carboxylic acid groups (broad SMARTS) is 1. The molecule has 1 aromatic rings. The summed E-state index contributed by atoms with van der Waals surface area (Å²) >= 11 is 0. The quantitative estimate of drug-likeness (QED) is 0.930. The number of hydrogen-bond acceptors (Lipinski definition) is 2. The van der Waals surface area contributed by atoms with Crippen LogP contribution in [0.4, 0.5) is 0 Å². The SMILES string of the molecule is O=C(O)[C@@H]1CC[C@H](C(=O)N2CCCC2c2ccccc2)C1. The Bertz CT molecular complexity index is 528. The molecule has 0 radical (unpaired) electrons. The molecule has 0 spiro atoms. The lowest BCUT2D eigenvalue weighted by Crippen LogP contribution is -2.35. The smallest absolute Gasteiger partial charge is 0.306 e. The molecule has 4 nitrogen and oxygen atoms in total. The maximum absolute atomic E-state index is 12.7. The van der Waals surface area contributed by atoms with Crippen molar-refractivity contribution in [1.29, 1.82) is 0 Å². The number of hydrogen-bond donors (Lipinski definition) is 1. The van der Waals surface area contributed by atoms with E-state index < -0.39 is 5.97 Å². The van der Waals surface area contributed by atoms with E-state index in [1.165, 1.54) is 5.56 Å². The van der Waals surface area contributed by atoms with Gasteiger partial charge < -0.3 is 10.0 Å². The van der Waals surface area contributed by atoms with Crippen molar-refractivity contribution in [1.82, 2.24) is 4.90 Å². The fourth-order valence-electron chi connectivity index (χ4n) is 3.72. The average Bonchev–Trinajstić information content (AvgIpc) is 3.17. The lowest BCUT2D eigenvalue weighted by Gasteiger charge is -2.27. The molecule has 1 saturated heterocycles. The van der Waals surface area contributed by atoms with E-state index >= 15 is 0 Å². The Hall–Kier alpha value is -1.84. The maximum Gasteiger partial charge on any atom is 0.306 e. The number of likely N-dealkylation sites (tertiary alicyclic amines) is 1. The minimum absolute atomic E-state index is 0.101. The molecule has 3 atom stereocenters. The van der Waals surface area contributed by atoms with Crippen LogP contribution in [0.5, 0.6) is 0 Å². The van der Waals surface area contributed by atoms with Crippen LogP contribution in [0, 0.1) is 11.8 Å². The first kappa shape index (κ1) is 14.1. The predicted octanol–water partition coefficient (Wildman–Crippen LogP) is 2.85. The Morgan fingerprint density at radius 2 is 1.76 bits per heavy atom. The van der Waals surface area contributed by atoms with Crippen molar-refractivity contribution in [2.24, 2.45) is 11.8 Å². The summed E-state index contributed by atoms with van der Waals surface area (Å²) in [7, 11) is 0. The molecule has 0 bridgehead atoms. The molecule has 1 saturated carbocycles. The van der Waals surface area contributed by atoms with E-state index in [0.29, 0.717) is 19.3 Å². The molecule has 1 aliphatic carbocycles. The minimum Gasteiger partial charge on any atom is -0.481 e. The van der Waals surface area contributed by atoms with Crippen LogP contribution in [0.25, 0.3) is 0 Å². The molecular weight excluding hydrogens is 266 g/mol. The van der Waals surface area contributed by atoms with Crippen LogP contribution in [0.3, 0.4) is 0 Å². The standard InChI is InChI=1S/C17H21NO3/c19-16(13-8-9-14(11-13)17(20)21)18-10-4-7-15(18)12-5-2-1-3-6-12/h1-3,5-6,13-15H,4,7-11H2,(H,20,21)/t13-,14+,15?/m0/s1. The third kappa shape index (κ3) is 2.80. The lowest BCUT2D eigenvalue weighted by molar-refractivity contribution is -0.141. The molecule has 1 heterocycles. The van der Waals surface area contributed by atoms with Gasteiger partial charge in [-0.25, -0.2) is 0 Å². The molecule has 2 fully saturated rings. The minimum atomic E-state index is -0.758. The summed E-state index contributed by atoms with van der Waals surface area (Å²) in [4.78, 5) is 25.8. The van der Waals surface area contributed by atoms with Crippen LogP contribution in [-0.4, -0.2) is 28.4 Å². The summed E-state index contributed by atoms with van der Waals surface area (Å²) in [5.74, 6) is -1.04. The second-order valence-corrected chi connectivity index (χ2v) is 6.15. The number of rotatable bonds is 3. The number of carbonyl (C=O) groups is 2. The fraction of sp³-hybridized carbons (Fsp3) is 0.529. The van der Waals surface area contributed by atoms with Crippen molar-refractivity contribution in [2.45, 2.75) is 38.1 Å². The monoisotopic (exact) mass is 287 g/mol. The summed E-state index contributed by atoms with van der Waals surface area (Å²) in [6.07, 6.45) is 3.89. The molecule has 1 aliphatic heterocycles. The summed E-state index contributed by atoms with van der Waals surface area (Å²) in [6.45, 7) is 0.798. The summed E-state index contributed by atoms with van der Waals surface area (Å²) in [5.41, 5.74) is 1.19. The molecule has 1 amide bonds. The van der Waals surface area contributed by atoms with E-state index in [1.54, 1.807) is 0 Å². The summed E-state index contributed by atoms with van der Waals surface area (Å²) < 4.78 is 0. The highest BCUT2D eigenvalue weighted by atomic mass is 16.4. The van der Waals surface area contributed by atoms with E-state index in [1.807, 2.05) is 23.1 Å². The number of carbonyl (C=O) groups excluding carboxylic acids is 1. The van der Waals surface area contributed by atoms with E-state index in [2.05, 4.69) is 12.1 Å². The zero-order valence-corrected chi connectivity index (χ0v) is 12.1. The number of amides is 1. The number of nitrogens with zero attached hydrogens (tertiary/aromatic N) is 1. The topological polar surface area (TPSA) is 57.6 Å². The Morgan fingerprint density at radius 3 is 2.43 bits per heavy atom. The van der Waals surface area contributed by atoms with Gasteiger partial charge in [0.1, 0.15) is 0 Å². The van der Waals surface area contributed by atoms with Gasteiger partial charge in [0.15, 0.2) is 0 Å². The number of benzene rings is 1. The lowest BCUT2D eigenvalue weighted by atomic mass is 10.0. The number of aliphatic carboxylic acids is 1. The van der Waals surface area contributed by atoms with Crippen LogP contribution in [0.15, 0.2) is 30.3 Å². The van der Waals surface area contributed by atoms with Gasteiger partial charge in [-0.1, -0.05) is 30.3 Å². The Morgan fingerprint density at radius 1 is 1.05 bits per heavy atom. The molecule has 3 rings (SSSR count). The molecular formula is C17H21NO3. The zero-order chi connectivity index (χ0) is 14.8. The Labute approximate surface area is 124 Å². The van der Waals surface area contributed by atoms with E-state index in [4.69, 9.17) is 5.11 Å². The van der Waals surface area contributed by atoms with Crippen molar-refractivity contribution in [3.63, 3.8) is 0 Å². The molecule has 21 heavy (non-hydrogen) atoms. The first-order valence-corrected chi connectivity index (χ1v) is 7.75. The van der Waals surface area contributed by atoms with Gasteiger partial charge in [0.25, 0.3) is 0 Å². The molecule has 2 aliphatic rings. The van der Waals surface area contributed by atoms with E-state index in [-0.39, 0.29) is 23.8 Å². The first-order valence-electron chi connectivity index (χ1n) is 7.75. The van der Waals surface area contributed by atoms with Crippen LogP contribution < -0.4 is 0 Å². The third-order valence-corrected chi connectivity index (χ3v) is 4.85. The van der Waals surface area contributed by atoms with Gasteiger partial charge in [0, 0.05) is 12.5 Å². The van der Waals surface area contributed by atoms with Crippen LogP contribution >= 0.6 is 0 Å². The molecule has 112 valence electrons. The highest BCUT2D eigenvalue weighted by Crippen LogP contribution is 2.38. The maximum atomic E-state index is 12.7. The van der Waals surface area contributed by atoms with Gasteiger partial charge in [-0.15, -0.1) is 0 Å². The second kappa shape index (κ2) is 5.88. The average molecular weight is 287 g/mol. The highest BCUT2D eigenvalue weighted by molar-refractivity contribution is 5.81. The van der Waals surface area contributed by atoms with Gasteiger partial charge in [-0.3, -0.25) is 9.59 Å². The van der Waals surface area contributed by atoms with Crippen LogP contribution in [0.2, 0.25) is 0 Å². The molecule has 1 unspecified atom stereocenters.